The number of carbonyl (C=O) groups is 1. The van der Waals surface area contributed by atoms with E-state index in [1.165, 1.54) is 42.5 Å². The van der Waals surface area contributed by atoms with Crippen LogP contribution in [0.3, 0.4) is 0 Å². The van der Waals surface area contributed by atoms with Crippen LogP contribution in [0.15, 0.2) is 56.3 Å². The van der Waals surface area contributed by atoms with Crippen molar-refractivity contribution in [3.05, 3.63) is 53.9 Å². The Morgan fingerprint density at radius 2 is 1.80 bits per heavy atom. The fourth-order valence-corrected chi connectivity index (χ4v) is 6.23. The summed E-state index contributed by atoms with van der Waals surface area (Å²) in [6.45, 7) is -1.21. The number of alkyl halides is 5. The fourth-order valence-electron chi connectivity index (χ4n) is 4.68. The average Bonchev–Trinajstić information content (AvgIpc) is 3.65. The SMILES string of the molecule is N[C@H]1CS(=O)(=O)c2ccc(-c3nnc(N4CCOC(F)(F)C4)o3)cc2N(Cc2ccc(-c3noc(C(F)(F)F)n3)cc2)C1=O. The van der Waals surface area contributed by atoms with Crippen LogP contribution in [-0.2, 0) is 32.1 Å². The number of halogens is 5. The van der Waals surface area contributed by atoms with Crippen molar-refractivity contribution in [2.75, 3.05) is 35.2 Å². The van der Waals surface area contributed by atoms with Crippen molar-refractivity contribution in [1.29, 1.82) is 0 Å². The molecule has 2 aromatic heterocycles. The van der Waals surface area contributed by atoms with Gasteiger partial charge in [-0.3, -0.25) is 4.79 Å². The molecule has 13 nitrogen and oxygen atoms in total. The van der Waals surface area contributed by atoms with Crippen molar-refractivity contribution in [2.24, 2.45) is 5.73 Å². The summed E-state index contributed by atoms with van der Waals surface area (Å²) in [6.07, 6.45) is -8.23. The number of amides is 1. The summed E-state index contributed by atoms with van der Waals surface area (Å²) in [5.41, 5.74) is 6.77. The van der Waals surface area contributed by atoms with E-state index in [1.54, 1.807) is 0 Å². The standard InChI is InChI=1S/C25H20F5N7O6S/c26-24(27)12-36(7-8-41-24)23-34-33-20(42-23)15-5-6-18-17(9-15)37(21(38)16(31)11-44(18,39)40)10-13-1-3-14(4-2-13)19-32-22(43-35-19)25(28,29)30/h1-6,9,16H,7-8,10-12,31H2/t16-/m0/s1. The molecule has 0 aliphatic carbocycles. The number of ether oxygens (including phenoxy) is 1. The summed E-state index contributed by atoms with van der Waals surface area (Å²) >= 11 is 0. The Morgan fingerprint density at radius 1 is 1.07 bits per heavy atom. The Hall–Kier alpha value is -4.49. The molecule has 4 heterocycles. The maximum atomic E-state index is 13.7. The van der Waals surface area contributed by atoms with Crippen molar-refractivity contribution >= 4 is 27.4 Å². The summed E-state index contributed by atoms with van der Waals surface area (Å²) in [5.74, 6) is -3.33. The molecule has 232 valence electrons. The first-order chi connectivity index (χ1) is 20.7. The summed E-state index contributed by atoms with van der Waals surface area (Å²) in [5, 5.41) is 11.1. The van der Waals surface area contributed by atoms with Crippen LogP contribution in [0.2, 0.25) is 0 Å². The lowest BCUT2D eigenvalue weighted by Gasteiger charge is -2.30. The van der Waals surface area contributed by atoms with Gasteiger partial charge in [-0.1, -0.05) is 34.5 Å². The molecule has 19 heteroatoms. The molecular weight excluding hydrogens is 621 g/mol. The van der Waals surface area contributed by atoms with Crippen LogP contribution in [0.4, 0.5) is 33.7 Å². The number of fused-ring (bicyclic) bond motifs is 1. The second-order valence-electron chi connectivity index (χ2n) is 9.91. The first-order valence-electron chi connectivity index (χ1n) is 12.7. The molecule has 2 aliphatic heterocycles. The van der Waals surface area contributed by atoms with Gasteiger partial charge in [-0.2, -0.15) is 26.9 Å². The van der Waals surface area contributed by atoms with Gasteiger partial charge < -0.3 is 29.2 Å². The fraction of sp³-hybridized carbons (Fsp3) is 0.320. The Labute approximate surface area is 244 Å². The van der Waals surface area contributed by atoms with E-state index in [9.17, 15) is 35.2 Å². The molecule has 1 saturated heterocycles. The quantitative estimate of drug-likeness (QED) is 0.317. The molecule has 44 heavy (non-hydrogen) atoms. The molecule has 1 atom stereocenters. The molecule has 1 amide bonds. The number of benzene rings is 2. The van der Waals surface area contributed by atoms with Crippen LogP contribution in [-0.4, -0.2) is 72.3 Å². The minimum Gasteiger partial charge on any atom is -0.403 e. The first-order valence-corrected chi connectivity index (χ1v) is 14.4. The van der Waals surface area contributed by atoms with Gasteiger partial charge in [0.05, 0.1) is 35.5 Å². The Morgan fingerprint density at radius 3 is 2.48 bits per heavy atom. The minimum absolute atomic E-state index is 0.0461. The molecule has 6 rings (SSSR count). The number of hydrogen-bond donors (Lipinski definition) is 1. The summed E-state index contributed by atoms with van der Waals surface area (Å²) in [7, 11) is -4.04. The van der Waals surface area contributed by atoms with E-state index in [-0.39, 0.29) is 59.1 Å². The molecule has 0 saturated carbocycles. The second kappa shape index (κ2) is 10.6. The van der Waals surface area contributed by atoms with Gasteiger partial charge in [-0.05, 0) is 23.8 Å². The van der Waals surface area contributed by atoms with Gasteiger partial charge in [-0.15, -0.1) is 5.10 Å². The number of nitrogens with two attached hydrogens (primary N) is 1. The molecule has 0 unspecified atom stereocenters. The molecular formula is C25H20F5N7O6S. The van der Waals surface area contributed by atoms with E-state index < -0.39 is 52.3 Å². The highest BCUT2D eigenvalue weighted by Gasteiger charge is 2.40. The molecule has 2 aliphatic rings. The van der Waals surface area contributed by atoms with E-state index in [1.807, 2.05) is 0 Å². The first kappa shape index (κ1) is 29.6. The third-order valence-corrected chi connectivity index (χ3v) is 8.58. The number of anilines is 2. The number of sulfone groups is 1. The van der Waals surface area contributed by atoms with Gasteiger partial charge in [0.25, 0.3) is 0 Å². The third kappa shape index (κ3) is 5.72. The van der Waals surface area contributed by atoms with Crippen molar-refractivity contribution < 1.29 is 48.8 Å². The van der Waals surface area contributed by atoms with Gasteiger partial charge in [0.15, 0.2) is 9.84 Å². The smallest absolute Gasteiger partial charge is 0.403 e. The molecule has 0 radical (unpaired) electrons. The Balaban J connectivity index is 1.32. The number of morpholine rings is 1. The molecule has 4 aromatic rings. The van der Waals surface area contributed by atoms with Crippen LogP contribution in [0.1, 0.15) is 11.5 Å². The number of aromatic nitrogens is 4. The molecule has 0 bridgehead atoms. The molecule has 1 fully saturated rings. The zero-order chi connectivity index (χ0) is 31.4. The predicted molar refractivity (Wildman–Crippen MR) is 139 cm³/mol. The van der Waals surface area contributed by atoms with Gasteiger partial charge in [0, 0.05) is 17.7 Å². The van der Waals surface area contributed by atoms with E-state index in [0.29, 0.717) is 5.56 Å². The number of nitrogens with zero attached hydrogens (tertiary/aromatic N) is 6. The summed E-state index contributed by atoms with van der Waals surface area (Å²) < 4.78 is 106. The van der Waals surface area contributed by atoms with Crippen molar-refractivity contribution in [3.63, 3.8) is 0 Å². The Kier molecular flexibility index (Phi) is 7.12. The lowest BCUT2D eigenvalue weighted by molar-refractivity contribution is -0.240. The summed E-state index contributed by atoms with van der Waals surface area (Å²) in [6, 6.07) is 8.14. The zero-order valence-corrected chi connectivity index (χ0v) is 23.0. The van der Waals surface area contributed by atoms with Gasteiger partial charge in [0.2, 0.25) is 17.6 Å². The number of rotatable bonds is 5. The lowest BCUT2D eigenvalue weighted by atomic mass is 10.1. The van der Waals surface area contributed by atoms with Crippen molar-refractivity contribution in [1.82, 2.24) is 20.3 Å². The monoisotopic (exact) mass is 641 g/mol. The number of hydrogen-bond acceptors (Lipinski definition) is 12. The van der Waals surface area contributed by atoms with E-state index in [2.05, 4.69) is 29.6 Å². The van der Waals surface area contributed by atoms with E-state index in [0.717, 1.165) is 9.80 Å². The third-order valence-electron chi connectivity index (χ3n) is 6.77. The average molecular weight is 642 g/mol. The summed E-state index contributed by atoms with van der Waals surface area (Å²) in [4.78, 5) is 18.8. The predicted octanol–water partition coefficient (Wildman–Crippen LogP) is 2.88. The topological polar surface area (TPSA) is 171 Å². The van der Waals surface area contributed by atoms with Crippen LogP contribution in [0.5, 0.6) is 0 Å². The normalized spacial score (nSPS) is 20.0. The van der Waals surface area contributed by atoms with Crippen LogP contribution in [0.25, 0.3) is 22.8 Å². The van der Waals surface area contributed by atoms with Crippen molar-refractivity contribution in [2.45, 2.75) is 29.8 Å². The highest BCUT2D eigenvalue weighted by Crippen LogP contribution is 2.36. The van der Waals surface area contributed by atoms with Crippen LogP contribution < -0.4 is 15.5 Å². The van der Waals surface area contributed by atoms with Gasteiger partial charge >= 0.3 is 24.2 Å². The molecule has 2 N–H and O–H groups in total. The molecule has 2 aromatic carbocycles. The van der Waals surface area contributed by atoms with Crippen LogP contribution in [0, 0.1) is 0 Å². The number of carbonyl (C=O) groups excluding carboxylic acids is 1. The lowest BCUT2D eigenvalue weighted by Crippen LogP contribution is -2.46. The largest absolute Gasteiger partial charge is 0.471 e. The minimum atomic E-state index is -4.82. The van der Waals surface area contributed by atoms with Gasteiger partial charge in [-0.25, -0.2) is 8.42 Å². The zero-order valence-electron chi connectivity index (χ0n) is 22.2. The maximum Gasteiger partial charge on any atom is 0.471 e. The maximum absolute atomic E-state index is 13.7. The molecule has 0 spiro atoms. The highest BCUT2D eigenvalue weighted by atomic mass is 32.2. The Bertz CT molecular complexity index is 1830. The van der Waals surface area contributed by atoms with Crippen LogP contribution >= 0.6 is 0 Å². The van der Waals surface area contributed by atoms with E-state index in [4.69, 9.17) is 10.2 Å². The van der Waals surface area contributed by atoms with Gasteiger partial charge in [0.1, 0.15) is 6.54 Å². The van der Waals surface area contributed by atoms with Crippen molar-refractivity contribution in [3.8, 4) is 22.8 Å². The van der Waals surface area contributed by atoms with E-state index >= 15 is 0 Å². The highest BCUT2D eigenvalue weighted by molar-refractivity contribution is 7.91. The second-order valence-corrected chi connectivity index (χ2v) is 11.9.